The molecule has 2 atom stereocenters. The lowest BCUT2D eigenvalue weighted by Gasteiger charge is -2.10. The monoisotopic (exact) mass is 295 g/mol. The molecule has 0 amide bonds. The van der Waals surface area contributed by atoms with Crippen LogP contribution in [-0.4, -0.2) is 43.0 Å². The lowest BCUT2D eigenvalue weighted by atomic mass is 10.2. The topological polar surface area (TPSA) is 95.9 Å². The third-order valence-electron chi connectivity index (χ3n) is 3.02. The standard InChI is InChI=1S/C12H17N5O2S/c1-8(20(3)18)7-17-12(14-15-16-17)9-4-5-11(19-2)10(13)6-9/h4-6,8H,7,13H2,1-3H3. The van der Waals surface area contributed by atoms with E-state index >= 15 is 0 Å². The normalized spacial score (nSPS) is 13.9. The van der Waals surface area contributed by atoms with Crippen molar-refractivity contribution in [2.24, 2.45) is 0 Å². The number of nitrogens with zero attached hydrogens (tertiary/aromatic N) is 4. The zero-order valence-electron chi connectivity index (χ0n) is 11.6. The number of hydrogen-bond acceptors (Lipinski definition) is 6. The molecule has 0 spiro atoms. The maximum atomic E-state index is 11.4. The molecule has 2 unspecified atom stereocenters. The van der Waals surface area contributed by atoms with Crippen molar-refractivity contribution in [2.45, 2.75) is 18.7 Å². The molecule has 2 N–H and O–H groups in total. The minimum Gasteiger partial charge on any atom is -0.495 e. The van der Waals surface area contributed by atoms with Crippen LogP contribution in [0.4, 0.5) is 5.69 Å². The molecule has 0 radical (unpaired) electrons. The maximum absolute atomic E-state index is 11.4. The fourth-order valence-electron chi connectivity index (χ4n) is 1.76. The second-order valence-electron chi connectivity index (χ2n) is 4.45. The summed E-state index contributed by atoms with van der Waals surface area (Å²) in [6, 6.07) is 5.37. The highest BCUT2D eigenvalue weighted by molar-refractivity contribution is 7.84. The van der Waals surface area contributed by atoms with Crippen LogP contribution in [-0.2, 0) is 17.3 Å². The Morgan fingerprint density at radius 1 is 1.50 bits per heavy atom. The van der Waals surface area contributed by atoms with Crippen LogP contribution in [0.15, 0.2) is 18.2 Å². The summed E-state index contributed by atoms with van der Waals surface area (Å²) < 4.78 is 18.2. The van der Waals surface area contributed by atoms with Gasteiger partial charge in [-0.3, -0.25) is 4.21 Å². The molecule has 0 aliphatic heterocycles. The molecular weight excluding hydrogens is 278 g/mol. The van der Waals surface area contributed by atoms with Gasteiger partial charge in [0.15, 0.2) is 5.82 Å². The highest BCUT2D eigenvalue weighted by Crippen LogP contribution is 2.27. The molecule has 8 heteroatoms. The van der Waals surface area contributed by atoms with Gasteiger partial charge in [0.2, 0.25) is 0 Å². The summed E-state index contributed by atoms with van der Waals surface area (Å²) in [5.41, 5.74) is 7.20. The van der Waals surface area contributed by atoms with Gasteiger partial charge < -0.3 is 10.5 Å². The number of aromatic nitrogens is 4. The molecule has 20 heavy (non-hydrogen) atoms. The second kappa shape index (κ2) is 6.00. The van der Waals surface area contributed by atoms with E-state index in [2.05, 4.69) is 15.5 Å². The van der Waals surface area contributed by atoms with Crippen molar-refractivity contribution >= 4 is 16.5 Å². The van der Waals surface area contributed by atoms with Gasteiger partial charge in [-0.15, -0.1) is 5.10 Å². The number of hydrogen-bond donors (Lipinski definition) is 1. The summed E-state index contributed by atoms with van der Waals surface area (Å²) in [6.45, 7) is 2.38. The SMILES string of the molecule is COc1ccc(-c2nnnn2CC(C)S(C)=O)cc1N. The van der Waals surface area contributed by atoms with Crippen molar-refractivity contribution in [1.82, 2.24) is 20.2 Å². The van der Waals surface area contributed by atoms with Gasteiger partial charge in [-0.05, 0) is 35.5 Å². The van der Waals surface area contributed by atoms with E-state index in [9.17, 15) is 4.21 Å². The Balaban J connectivity index is 2.32. The van der Waals surface area contributed by atoms with Gasteiger partial charge in [0.1, 0.15) is 5.75 Å². The lowest BCUT2D eigenvalue weighted by molar-refractivity contribution is 0.417. The van der Waals surface area contributed by atoms with Gasteiger partial charge in [-0.2, -0.15) is 0 Å². The quantitative estimate of drug-likeness (QED) is 0.816. The van der Waals surface area contributed by atoms with E-state index in [1.165, 1.54) is 0 Å². The van der Waals surface area contributed by atoms with Crippen molar-refractivity contribution in [3.63, 3.8) is 0 Å². The van der Waals surface area contributed by atoms with E-state index in [0.717, 1.165) is 5.56 Å². The van der Waals surface area contributed by atoms with Crippen LogP contribution in [0, 0.1) is 0 Å². The van der Waals surface area contributed by atoms with E-state index in [1.54, 1.807) is 30.2 Å². The number of ether oxygens (including phenoxy) is 1. The van der Waals surface area contributed by atoms with E-state index in [-0.39, 0.29) is 5.25 Å². The van der Waals surface area contributed by atoms with Crippen LogP contribution in [0.2, 0.25) is 0 Å². The molecular formula is C12H17N5O2S. The summed E-state index contributed by atoms with van der Waals surface area (Å²) in [5.74, 6) is 1.20. The number of tetrazole rings is 1. The number of anilines is 1. The third-order valence-corrected chi connectivity index (χ3v) is 4.30. The summed E-state index contributed by atoms with van der Waals surface area (Å²) in [7, 11) is 0.633. The summed E-state index contributed by atoms with van der Waals surface area (Å²) in [6.07, 6.45) is 1.67. The Hall–Kier alpha value is -1.96. The Labute approximate surface area is 119 Å². The highest BCUT2D eigenvalue weighted by Gasteiger charge is 2.15. The third kappa shape index (κ3) is 2.96. The van der Waals surface area contributed by atoms with Crippen molar-refractivity contribution in [3.05, 3.63) is 18.2 Å². The van der Waals surface area contributed by atoms with Crippen molar-refractivity contribution in [1.29, 1.82) is 0 Å². The number of rotatable bonds is 5. The van der Waals surface area contributed by atoms with Gasteiger partial charge in [0.05, 0.1) is 24.6 Å². The van der Waals surface area contributed by atoms with Crippen molar-refractivity contribution in [2.75, 3.05) is 19.1 Å². The van der Waals surface area contributed by atoms with Gasteiger partial charge in [-0.1, -0.05) is 0 Å². The molecule has 0 aliphatic carbocycles. The predicted molar refractivity (Wildman–Crippen MR) is 77.7 cm³/mol. The molecule has 1 heterocycles. The number of benzene rings is 1. The summed E-state index contributed by atoms with van der Waals surface area (Å²) in [4.78, 5) is 0. The Morgan fingerprint density at radius 3 is 2.85 bits per heavy atom. The smallest absolute Gasteiger partial charge is 0.182 e. The first-order chi connectivity index (χ1) is 9.52. The van der Waals surface area contributed by atoms with E-state index in [0.29, 0.717) is 23.8 Å². The van der Waals surface area contributed by atoms with Gasteiger partial charge in [-0.25, -0.2) is 4.68 Å². The molecule has 108 valence electrons. The average Bonchev–Trinajstić information content (AvgIpc) is 2.86. The van der Waals surface area contributed by atoms with Crippen LogP contribution in [0.25, 0.3) is 11.4 Å². The zero-order chi connectivity index (χ0) is 14.7. The summed E-state index contributed by atoms with van der Waals surface area (Å²) in [5, 5.41) is 11.6. The Bertz CT molecular complexity index is 628. The Morgan fingerprint density at radius 2 is 2.25 bits per heavy atom. The molecule has 2 rings (SSSR count). The van der Waals surface area contributed by atoms with Crippen LogP contribution in [0.5, 0.6) is 5.75 Å². The lowest BCUT2D eigenvalue weighted by Crippen LogP contribution is -2.19. The number of nitrogen functional groups attached to an aromatic ring is 1. The van der Waals surface area contributed by atoms with E-state index < -0.39 is 10.8 Å². The van der Waals surface area contributed by atoms with Gasteiger partial charge in [0, 0.05) is 22.6 Å². The van der Waals surface area contributed by atoms with Crippen LogP contribution >= 0.6 is 0 Å². The van der Waals surface area contributed by atoms with Crippen molar-refractivity contribution < 1.29 is 8.95 Å². The predicted octanol–water partition coefficient (Wildman–Crippen LogP) is 0.698. The first kappa shape index (κ1) is 14.4. The Kier molecular flexibility index (Phi) is 4.33. The number of methoxy groups -OCH3 is 1. The first-order valence-corrected chi connectivity index (χ1v) is 7.67. The fourth-order valence-corrected chi connectivity index (χ4v) is 2.11. The summed E-state index contributed by atoms with van der Waals surface area (Å²) >= 11 is 0. The molecule has 0 saturated heterocycles. The molecule has 1 aromatic heterocycles. The zero-order valence-corrected chi connectivity index (χ0v) is 12.4. The van der Waals surface area contributed by atoms with Crippen LogP contribution < -0.4 is 10.5 Å². The molecule has 0 bridgehead atoms. The molecule has 1 aromatic carbocycles. The average molecular weight is 295 g/mol. The van der Waals surface area contributed by atoms with Crippen LogP contribution in [0.3, 0.4) is 0 Å². The fraction of sp³-hybridized carbons (Fsp3) is 0.417. The number of nitrogens with two attached hydrogens (primary N) is 1. The van der Waals surface area contributed by atoms with Gasteiger partial charge >= 0.3 is 0 Å². The molecule has 2 aromatic rings. The van der Waals surface area contributed by atoms with E-state index in [1.807, 2.05) is 13.0 Å². The minimum atomic E-state index is -0.930. The minimum absolute atomic E-state index is 0.0344. The van der Waals surface area contributed by atoms with Gasteiger partial charge in [0.25, 0.3) is 0 Å². The molecule has 7 nitrogen and oxygen atoms in total. The maximum Gasteiger partial charge on any atom is 0.182 e. The molecule has 0 aliphatic rings. The highest BCUT2D eigenvalue weighted by atomic mass is 32.2. The first-order valence-electron chi connectivity index (χ1n) is 6.05. The van der Waals surface area contributed by atoms with Crippen molar-refractivity contribution in [3.8, 4) is 17.1 Å². The largest absolute Gasteiger partial charge is 0.495 e. The van der Waals surface area contributed by atoms with Crippen LogP contribution in [0.1, 0.15) is 6.92 Å². The molecule has 0 fully saturated rings. The molecule has 0 saturated carbocycles. The van der Waals surface area contributed by atoms with E-state index in [4.69, 9.17) is 10.5 Å². The second-order valence-corrected chi connectivity index (χ2v) is 6.25.